The predicted molar refractivity (Wildman–Crippen MR) is 44.6 cm³/mol. The quantitative estimate of drug-likeness (QED) is 0.505. The van der Waals surface area contributed by atoms with Gasteiger partial charge in [0.15, 0.2) is 0 Å². The van der Waals surface area contributed by atoms with Crippen LogP contribution in [-0.4, -0.2) is 37.7 Å². The van der Waals surface area contributed by atoms with Gasteiger partial charge in [0, 0.05) is 0 Å². The maximum absolute atomic E-state index is 10.9. The molecular weight excluding hydrogens is 176 g/mol. The van der Waals surface area contributed by atoms with Gasteiger partial charge in [-0.3, -0.25) is 9.59 Å². The standard InChI is InChI=1S/C7H14N2O4/c1-2-12-7(11)5(9)4-13-6(10)3-8/h5H,2-4,8-9H2,1H3/t5-/m0/s1. The van der Waals surface area contributed by atoms with Gasteiger partial charge in [0.25, 0.3) is 0 Å². The smallest absolute Gasteiger partial charge is 0.326 e. The summed E-state index contributed by atoms with van der Waals surface area (Å²) in [6, 6.07) is -0.935. The zero-order valence-corrected chi connectivity index (χ0v) is 7.49. The molecule has 0 aliphatic carbocycles. The fourth-order valence-corrected chi connectivity index (χ4v) is 0.559. The van der Waals surface area contributed by atoms with E-state index in [0.29, 0.717) is 0 Å². The van der Waals surface area contributed by atoms with E-state index >= 15 is 0 Å². The Morgan fingerprint density at radius 2 is 2.00 bits per heavy atom. The highest BCUT2D eigenvalue weighted by Gasteiger charge is 2.15. The first-order chi connectivity index (χ1) is 6.11. The summed E-state index contributed by atoms with van der Waals surface area (Å²) in [4.78, 5) is 21.4. The predicted octanol–water partition coefficient (Wildman–Crippen LogP) is -1.62. The largest absolute Gasteiger partial charge is 0.465 e. The van der Waals surface area contributed by atoms with Crippen molar-refractivity contribution >= 4 is 11.9 Å². The van der Waals surface area contributed by atoms with Crippen LogP contribution < -0.4 is 11.5 Å². The number of rotatable bonds is 5. The van der Waals surface area contributed by atoms with E-state index in [1.54, 1.807) is 6.92 Å². The summed E-state index contributed by atoms with van der Waals surface area (Å²) in [5.41, 5.74) is 10.3. The summed E-state index contributed by atoms with van der Waals surface area (Å²) in [5, 5.41) is 0. The van der Waals surface area contributed by atoms with Crippen LogP contribution in [0.5, 0.6) is 0 Å². The molecule has 13 heavy (non-hydrogen) atoms. The molecule has 0 aromatic carbocycles. The molecule has 0 bridgehead atoms. The SMILES string of the molecule is CCOC(=O)[C@@H](N)COC(=O)CN. The molecule has 4 N–H and O–H groups in total. The van der Waals surface area contributed by atoms with Crippen LogP contribution in [0.25, 0.3) is 0 Å². The third-order valence-electron chi connectivity index (χ3n) is 1.18. The zero-order valence-electron chi connectivity index (χ0n) is 7.49. The van der Waals surface area contributed by atoms with E-state index in [0.717, 1.165) is 0 Å². The van der Waals surface area contributed by atoms with Crippen LogP contribution in [0.4, 0.5) is 0 Å². The highest BCUT2D eigenvalue weighted by molar-refractivity contribution is 5.76. The van der Waals surface area contributed by atoms with E-state index < -0.39 is 18.0 Å². The Bertz CT molecular complexity index is 183. The molecule has 0 saturated heterocycles. The molecule has 0 aliphatic rings. The average molecular weight is 190 g/mol. The number of hydrogen-bond acceptors (Lipinski definition) is 6. The van der Waals surface area contributed by atoms with E-state index in [1.807, 2.05) is 0 Å². The van der Waals surface area contributed by atoms with Crippen LogP contribution in [0.15, 0.2) is 0 Å². The summed E-state index contributed by atoms with van der Waals surface area (Å²) in [6.07, 6.45) is 0. The molecule has 0 aromatic rings. The minimum Gasteiger partial charge on any atom is -0.465 e. The fourth-order valence-electron chi connectivity index (χ4n) is 0.559. The summed E-state index contributed by atoms with van der Waals surface area (Å²) < 4.78 is 9.11. The molecular formula is C7H14N2O4. The van der Waals surface area contributed by atoms with Gasteiger partial charge in [-0.15, -0.1) is 0 Å². The van der Waals surface area contributed by atoms with Gasteiger partial charge in [-0.25, -0.2) is 0 Å². The Labute approximate surface area is 76.2 Å². The second-order valence-electron chi connectivity index (χ2n) is 2.25. The number of esters is 2. The van der Waals surface area contributed by atoms with Crippen LogP contribution in [0.3, 0.4) is 0 Å². The molecule has 76 valence electrons. The lowest BCUT2D eigenvalue weighted by Gasteiger charge is -2.10. The summed E-state index contributed by atoms with van der Waals surface area (Å²) in [5.74, 6) is -1.19. The molecule has 1 atom stereocenters. The lowest BCUT2D eigenvalue weighted by Crippen LogP contribution is -2.38. The van der Waals surface area contributed by atoms with Crippen molar-refractivity contribution in [3.8, 4) is 0 Å². The first-order valence-electron chi connectivity index (χ1n) is 3.89. The van der Waals surface area contributed by atoms with Gasteiger partial charge in [0.1, 0.15) is 12.6 Å². The number of carbonyl (C=O) groups excluding carboxylic acids is 2. The van der Waals surface area contributed by atoms with Crippen molar-refractivity contribution in [1.29, 1.82) is 0 Å². The Balaban J connectivity index is 3.67. The van der Waals surface area contributed by atoms with Crippen molar-refractivity contribution in [3.63, 3.8) is 0 Å². The van der Waals surface area contributed by atoms with Crippen LogP contribution >= 0.6 is 0 Å². The molecule has 6 nitrogen and oxygen atoms in total. The van der Waals surface area contributed by atoms with E-state index in [2.05, 4.69) is 9.47 Å². The first kappa shape index (κ1) is 11.9. The highest BCUT2D eigenvalue weighted by atomic mass is 16.5. The third-order valence-corrected chi connectivity index (χ3v) is 1.18. The van der Waals surface area contributed by atoms with Gasteiger partial charge in [-0.1, -0.05) is 0 Å². The monoisotopic (exact) mass is 190 g/mol. The molecule has 0 fully saturated rings. The first-order valence-corrected chi connectivity index (χ1v) is 3.89. The number of ether oxygens (including phenoxy) is 2. The Morgan fingerprint density at radius 3 is 2.46 bits per heavy atom. The van der Waals surface area contributed by atoms with Gasteiger partial charge < -0.3 is 20.9 Å². The lowest BCUT2D eigenvalue weighted by molar-refractivity contribution is -0.150. The maximum Gasteiger partial charge on any atom is 0.326 e. The Morgan fingerprint density at radius 1 is 1.38 bits per heavy atom. The topological polar surface area (TPSA) is 105 Å². The van der Waals surface area contributed by atoms with Crippen molar-refractivity contribution < 1.29 is 19.1 Å². The van der Waals surface area contributed by atoms with E-state index in [-0.39, 0.29) is 19.8 Å². The third kappa shape index (κ3) is 5.15. The minimum atomic E-state index is -0.935. The van der Waals surface area contributed by atoms with Gasteiger partial charge in [0.05, 0.1) is 13.2 Å². The Kier molecular flexibility index (Phi) is 5.82. The number of nitrogens with two attached hydrogens (primary N) is 2. The van der Waals surface area contributed by atoms with Crippen molar-refractivity contribution in [1.82, 2.24) is 0 Å². The number of hydrogen-bond donors (Lipinski definition) is 2. The van der Waals surface area contributed by atoms with E-state index in [1.165, 1.54) is 0 Å². The zero-order chi connectivity index (χ0) is 10.3. The second kappa shape index (κ2) is 6.38. The summed E-state index contributed by atoms with van der Waals surface area (Å²) >= 11 is 0. The van der Waals surface area contributed by atoms with Crippen LogP contribution in [0, 0.1) is 0 Å². The second-order valence-corrected chi connectivity index (χ2v) is 2.25. The van der Waals surface area contributed by atoms with E-state index in [4.69, 9.17) is 11.5 Å². The van der Waals surface area contributed by atoms with Crippen LogP contribution in [0.1, 0.15) is 6.92 Å². The molecule has 0 saturated carbocycles. The molecule has 0 unspecified atom stereocenters. The highest BCUT2D eigenvalue weighted by Crippen LogP contribution is 1.87. The molecule has 0 aliphatic heterocycles. The van der Waals surface area contributed by atoms with Crippen LogP contribution in [-0.2, 0) is 19.1 Å². The minimum absolute atomic E-state index is 0.200. The molecule has 0 heterocycles. The molecule has 0 amide bonds. The van der Waals surface area contributed by atoms with Crippen molar-refractivity contribution in [2.24, 2.45) is 11.5 Å². The lowest BCUT2D eigenvalue weighted by atomic mass is 10.3. The fraction of sp³-hybridized carbons (Fsp3) is 0.714. The molecule has 6 heteroatoms. The van der Waals surface area contributed by atoms with Gasteiger partial charge in [-0.2, -0.15) is 0 Å². The van der Waals surface area contributed by atoms with Crippen molar-refractivity contribution in [2.45, 2.75) is 13.0 Å². The van der Waals surface area contributed by atoms with Crippen molar-refractivity contribution in [2.75, 3.05) is 19.8 Å². The molecule has 0 radical (unpaired) electrons. The van der Waals surface area contributed by atoms with E-state index in [9.17, 15) is 9.59 Å². The van der Waals surface area contributed by atoms with Crippen LogP contribution in [0.2, 0.25) is 0 Å². The normalized spacial score (nSPS) is 11.9. The average Bonchev–Trinajstić information content (AvgIpc) is 2.13. The van der Waals surface area contributed by atoms with Gasteiger partial charge >= 0.3 is 11.9 Å². The number of carbonyl (C=O) groups is 2. The Hall–Kier alpha value is -1.14. The molecule has 0 spiro atoms. The summed E-state index contributed by atoms with van der Waals surface area (Å²) in [7, 11) is 0. The maximum atomic E-state index is 10.9. The molecule has 0 aromatic heterocycles. The van der Waals surface area contributed by atoms with Crippen molar-refractivity contribution in [3.05, 3.63) is 0 Å². The van der Waals surface area contributed by atoms with Gasteiger partial charge in [0.2, 0.25) is 0 Å². The van der Waals surface area contributed by atoms with Gasteiger partial charge in [-0.05, 0) is 6.92 Å². The summed E-state index contributed by atoms with van der Waals surface area (Å²) in [6.45, 7) is 1.48. The molecule has 0 rings (SSSR count).